The van der Waals surface area contributed by atoms with Gasteiger partial charge in [-0.2, -0.15) is 0 Å². The third-order valence-electron chi connectivity index (χ3n) is 4.09. The van der Waals surface area contributed by atoms with Gasteiger partial charge in [0.25, 0.3) is 0 Å². The van der Waals surface area contributed by atoms with E-state index in [2.05, 4.69) is 41.3 Å². The standard InChI is InChI=1S/C18H21NO/c1-2-18(20)15-9-11-16(12-10-15)19-13-5-7-14-6-3-4-8-17(14)19/h3-4,6,8-12,18,20H,2,5,7,13H2,1H3/t18-/m1/s1. The van der Waals surface area contributed by atoms with Crippen molar-refractivity contribution in [3.8, 4) is 0 Å². The Kier molecular flexibility index (Phi) is 3.75. The molecule has 1 heterocycles. The summed E-state index contributed by atoms with van der Waals surface area (Å²) < 4.78 is 0. The summed E-state index contributed by atoms with van der Waals surface area (Å²) in [6.07, 6.45) is 2.76. The van der Waals surface area contributed by atoms with Crippen LogP contribution in [0.5, 0.6) is 0 Å². The van der Waals surface area contributed by atoms with Crippen molar-refractivity contribution in [1.29, 1.82) is 0 Å². The van der Waals surface area contributed by atoms with Crippen molar-refractivity contribution in [2.24, 2.45) is 0 Å². The number of anilines is 2. The number of nitrogens with zero attached hydrogens (tertiary/aromatic N) is 1. The van der Waals surface area contributed by atoms with Crippen molar-refractivity contribution < 1.29 is 5.11 Å². The number of aryl methyl sites for hydroxylation is 1. The number of para-hydroxylation sites is 1. The van der Waals surface area contributed by atoms with Crippen molar-refractivity contribution in [2.45, 2.75) is 32.3 Å². The highest BCUT2D eigenvalue weighted by atomic mass is 16.3. The van der Waals surface area contributed by atoms with E-state index < -0.39 is 0 Å². The minimum absolute atomic E-state index is 0.349. The van der Waals surface area contributed by atoms with Gasteiger partial charge >= 0.3 is 0 Å². The van der Waals surface area contributed by atoms with Crippen LogP contribution in [0, 0.1) is 0 Å². The molecule has 2 heteroatoms. The monoisotopic (exact) mass is 267 g/mol. The Balaban J connectivity index is 1.91. The maximum absolute atomic E-state index is 9.87. The maximum Gasteiger partial charge on any atom is 0.0787 e. The normalized spacial score (nSPS) is 15.8. The summed E-state index contributed by atoms with van der Waals surface area (Å²) in [5.41, 5.74) is 4.96. The van der Waals surface area contributed by atoms with Gasteiger partial charge in [-0.15, -0.1) is 0 Å². The SMILES string of the molecule is CC[C@@H](O)c1ccc(N2CCCc3ccccc32)cc1. The Hall–Kier alpha value is -1.80. The first kappa shape index (κ1) is 13.2. The highest BCUT2D eigenvalue weighted by molar-refractivity contribution is 5.67. The zero-order valence-electron chi connectivity index (χ0n) is 11.9. The van der Waals surface area contributed by atoms with Gasteiger partial charge in [0, 0.05) is 17.9 Å². The number of fused-ring (bicyclic) bond motifs is 1. The minimum atomic E-state index is -0.349. The van der Waals surface area contributed by atoms with E-state index in [-0.39, 0.29) is 6.10 Å². The molecule has 2 aromatic carbocycles. The Bertz CT molecular complexity index is 576. The Morgan fingerprint density at radius 2 is 1.85 bits per heavy atom. The number of aliphatic hydroxyl groups is 1. The topological polar surface area (TPSA) is 23.5 Å². The van der Waals surface area contributed by atoms with Crippen molar-refractivity contribution in [2.75, 3.05) is 11.4 Å². The first-order valence-corrected chi connectivity index (χ1v) is 7.43. The number of hydrogen-bond donors (Lipinski definition) is 1. The quantitative estimate of drug-likeness (QED) is 0.900. The zero-order valence-corrected chi connectivity index (χ0v) is 11.9. The molecule has 0 aromatic heterocycles. The smallest absolute Gasteiger partial charge is 0.0787 e. The van der Waals surface area contributed by atoms with Crippen LogP contribution < -0.4 is 4.90 Å². The average molecular weight is 267 g/mol. The lowest BCUT2D eigenvalue weighted by Crippen LogP contribution is -2.24. The second kappa shape index (κ2) is 5.68. The van der Waals surface area contributed by atoms with E-state index in [1.54, 1.807) is 0 Å². The van der Waals surface area contributed by atoms with Crippen LogP contribution in [-0.2, 0) is 6.42 Å². The molecule has 0 fully saturated rings. The van der Waals surface area contributed by atoms with Crippen LogP contribution in [0.1, 0.15) is 37.0 Å². The second-order valence-electron chi connectivity index (χ2n) is 5.40. The molecule has 0 aliphatic carbocycles. The van der Waals surface area contributed by atoms with Gasteiger partial charge in [0.2, 0.25) is 0 Å². The third-order valence-corrected chi connectivity index (χ3v) is 4.09. The zero-order chi connectivity index (χ0) is 13.9. The van der Waals surface area contributed by atoms with Gasteiger partial charge in [0.1, 0.15) is 0 Å². The number of benzene rings is 2. The average Bonchev–Trinajstić information content (AvgIpc) is 2.54. The summed E-state index contributed by atoms with van der Waals surface area (Å²) in [5, 5.41) is 9.87. The van der Waals surface area contributed by atoms with Crippen LogP contribution >= 0.6 is 0 Å². The number of hydrogen-bond acceptors (Lipinski definition) is 2. The van der Waals surface area contributed by atoms with Crippen LogP contribution in [0.15, 0.2) is 48.5 Å². The Labute approximate surface area is 120 Å². The molecule has 2 aromatic rings. The predicted octanol–water partition coefficient (Wildman–Crippen LogP) is 4.21. The number of rotatable bonds is 3. The molecule has 1 atom stereocenters. The lowest BCUT2D eigenvalue weighted by atomic mass is 10.0. The minimum Gasteiger partial charge on any atom is -0.388 e. The van der Waals surface area contributed by atoms with E-state index in [9.17, 15) is 5.11 Å². The van der Waals surface area contributed by atoms with Gasteiger partial charge < -0.3 is 10.0 Å². The van der Waals surface area contributed by atoms with E-state index in [0.717, 1.165) is 18.5 Å². The summed E-state index contributed by atoms with van der Waals surface area (Å²) >= 11 is 0. The van der Waals surface area contributed by atoms with Crippen molar-refractivity contribution in [1.82, 2.24) is 0 Å². The first-order valence-electron chi connectivity index (χ1n) is 7.43. The summed E-state index contributed by atoms with van der Waals surface area (Å²) in [6, 6.07) is 17.0. The van der Waals surface area contributed by atoms with E-state index in [1.165, 1.54) is 29.8 Å². The van der Waals surface area contributed by atoms with E-state index >= 15 is 0 Å². The van der Waals surface area contributed by atoms with Gasteiger partial charge in [0.15, 0.2) is 0 Å². The van der Waals surface area contributed by atoms with E-state index in [1.807, 2.05) is 19.1 Å². The molecular formula is C18H21NO. The van der Waals surface area contributed by atoms with Crippen LogP contribution in [-0.4, -0.2) is 11.7 Å². The molecule has 20 heavy (non-hydrogen) atoms. The van der Waals surface area contributed by atoms with Gasteiger partial charge in [-0.05, 0) is 48.6 Å². The largest absolute Gasteiger partial charge is 0.388 e. The molecule has 0 spiro atoms. The summed E-state index contributed by atoms with van der Waals surface area (Å²) in [4.78, 5) is 2.38. The van der Waals surface area contributed by atoms with E-state index in [0.29, 0.717) is 0 Å². The highest BCUT2D eigenvalue weighted by Gasteiger charge is 2.17. The molecule has 1 aliphatic heterocycles. The molecule has 104 valence electrons. The second-order valence-corrected chi connectivity index (χ2v) is 5.40. The molecular weight excluding hydrogens is 246 g/mol. The van der Waals surface area contributed by atoms with Crippen molar-refractivity contribution >= 4 is 11.4 Å². The van der Waals surface area contributed by atoms with E-state index in [4.69, 9.17) is 0 Å². The fourth-order valence-corrected chi connectivity index (χ4v) is 2.91. The van der Waals surface area contributed by atoms with Crippen LogP contribution in [0.4, 0.5) is 11.4 Å². The Morgan fingerprint density at radius 3 is 2.60 bits per heavy atom. The molecule has 0 saturated heterocycles. The van der Waals surface area contributed by atoms with Crippen LogP contribution in [0.2, 0.25) is 0 Å². The van der Waals surface area contributed by atoms with Crippen LogP contribution in [0.3, 0.4) is 0 Å². The highest BCUT2D eigenvalue weighted by Crippen LogP contribution is 2.33. The summed E-state index contributed by atoms with van der Waals surface area (Å²) in [6.45, 7) is 3.06. The van der Waals surface area contributed by atoms with Crippen molar-refractivity contribution in [3.63, 3.8) is 0 Å². The molecule has 0 bridgehead atoms. The lowest BCUT2D eigenvalue weighted by Gasteiger charge is -2.31. The number of aliphatic hydroxyl groups excluding tert-OH is 1. The molecule has 0 amide bonds. The van der Waals surface area contributed by atoms with Crippen molar-refractivity contribution in [3.05, 3.63) is 59.7 Å². The molecule has 1 N–H and O–H groups in total. The van der Waals surface area contributed by atoms with Gasteiger partial charge in [0.05, 0.1) is 6.10 Å². The molecule has 0 saturated carbocycles. The fraction of sp³-hybridized carbons (Fsp3) is 0.333. The maximum atomic E-state index is 9.87. The first-order chi connectivity index (χ1) is 9.79. The summed E-state index contributed by atoms with van der Waals surface area (Å²) in [5.74, 6) is 0. The predicted molar refractivity (Wildman–Crippen MR) is 83.5 cm³/mol. The van der Waals surface area contributed by atoms with Gasteiger partial charge in [-0.3, -0.25) is 0 Å². The molecule has 3 rings (SSSR count). The molecule has 0 radical (unpaired) electrons. The van der Waals surface area contributed by atoms with Gasteiger partial charge in [-0.25, -0.2) is 0 Å². The summed E-state index contributed by atoms with van der Waals surface area (Å²) in [7, 11) is 0. The molecule has 0 unspecified atom stereocenters. The molecule has 2 nitrogen and oxygen atoms in total. The Morgan fingerprint density at radius 1 is 1.10 bits per heavy atom. The third kappa shape index (κ3) is 2.44. The van der Waals surface area contributed by atoms with Gasteiger partial charge in [-0.1, -0.05) is 37.3 Å². The van der Waals surface area contributed by atoms with Crippen LogP contribution in [0.25, 0.3) is 0 Å². The molecule has 1 aliphatic rings. The lowest BCUT2D eigenvalue weighted by molar-refractivity contribution is 0.173. The fourth-order valence-electron chi connectivity index (χ4n) is 2.91.